The Morgan fingerprint density at radius 3 is 2.04 bits per heavy atom. The lowest BCUT2D eigenvalue weighted by atomic mass is 10.0. The standard InChI is InChI=1S/C19H23N3O2/c1-3-20-19(24)22-18(23)17(16-12-8-5-9-13-16)21-14(2)15-10-6-4-7-11-15/h4-14,17,21H,3H2,1-2H3,(H2,20,22,23,24)/p+1/t14-,17+/m0/s1. The number of benzene rings is 2. The SMILES string of the molecule is CCNC(=O)NC(=O)[C@H]([NH2+][C@@H](C)c1ccccc1)c1ccccc1. The van der Waals surface area contributed by atoms with Crippen LogP contribution in [0.5, 0.6) is 0 Å². The van der Waals surface area contributed by atoms with Crippen molar-refractivity contribution in [2.75, 3.05) is 6.54 Å². The van der Waals surface area contributed by atoms with E-state index in [9.17, 15) is 9.59 Å². The molecule has 2 atom stereocenters. The molecule has 0 aliphatic rings. The number of carbonyl (C=O) groups excluding carboxylic acids is 2. The molecule has 0 aromatic heterocycles. The lowest BCUT2D eigenvalue weighted by molar-refractivity contribution is -0.719. The van der Waals surface area contributed by atoms with Crippen LogP contribution in [-0.2, 0) is 4.79 Å². The van der Waals surface area contributed by atoms with Gasteiger partial charge in [-0.3, -0.25) is 10.1 Å². The average Bonchev–Trinajstić information content (AvgIpc) is 2.61. The highest BCUT2D eigenvalue weighted by Gasteiger charge is 2.28. The summed E-state index contributed by atoms with van der Waals surface area (Å²) < 4.78 is 0. The molecular weight excluding hydrogens is 302 g/mol. The minimum absolute atomic E-state index is 0.0800. The van der Waals surface area contributed by atoms with Crippen molar-refractivity contribution in [1.29, 1.82) is 0 Å². The van der Waals surface area contributed by atoms with Gasteiger partial charge in [-0.15, -0.1) is 0 Å². The molecule has 0 bridgehead atoms. The van der Waals surface area contributed by atoms with Gasteiger partial charge in [0.25, 0.3) is 5.91 Å². The van der Waals surface area contributed by atoms with Gasteiger partial charge in [0, 0.05) is 17.7 Å². The monoisotopic (exact) mass is 326 g/mol. The van der Waals surface area contributed by atoms with Gasteiger partial charge in [-0.05, 0) is 13.8 Å². The van der Waals surface area contributed by atoms with Gasteiger partial charge in [0.2, 0.25) is 0 Å². The van der Waals surface area contributed by atoms with Gasteiger partial charge in [0.1, 0.15) is 6.04 Å². The highest BCUT2D eigenvalue weighted by molar-refractivity contribution is 5.96. The molecule has 3 amide bonds. The summed E-state index contributed by atoms with van der Waals surface area (Å²) in [6.07, 6.45) is 0. The van der Waals surface area contributed by atoms with E-state index in [1.807, 2.05) is 79.8 Å². The fourth-order valence-corrected chi connectivity index (χ4v) is 2.56. The highest BCUT2D eigenvalue weighted by atomic mass is 16.2. The summed E-state index contributed by atoms with van der Waals surface area (Å²) in [4.78, 5) is 24.3. The molecule has 0 heterocycles. The Bertz CT molecular complexity index is 659. The molecule has 0 aliphatic heterocycles. The summed E-state index contributed by atoms with van der Waals surface area (Å²) in [5.74, 6) is -0.324. The number of urea groups is 1. The Labute approximate surface area is 142 Å². The van der Waals surface area contributed by atoms with Gasteiger partial charge in [0.15, 0.2) is 6.04 Å². The van der Waals surface area contributed by atoms with Gasteiger partial charge in [-0.2, -0.15) is 0 Å². The molecule has 5 heteroatoms. The summed E-state index contributed by atoms with van der Waals surface area (Å²) >= 11 is 0. The van der Waals surface area contributed by atoms with Crippen molar-refractivity contribution in [2.24, 2.45) is 0 Å². The van der Waals surface area contributed by atoms with E-state index in [2.05, 4.69) is 10.6 Å². The molecule has 2 aromatic carbocycles. The van der Waals surface area contributed by atoms with Crippen LogP contribution in [0.4, 0.5) is 4.79 Å². The number of imide groups is 1. The number of nitrogens with two attached hydrogens (primary N) is 1. The second kappa shape index (κ2) is 8.84. The fraction of sp³-hybridized carbons (Fsp3) is 0.263. The van der Waals surface area contributed by atoms with E-state index in [-0.39, 0.29) is 11.9 Å². The van der Waals surface area contributed by atoms with Crippen LogP contribution in [0, 0.1) is 0 Å². The first-order chi connectivity index (χ1) is 11.6. The Morgan fingerprint density at radius 1 is 0.958 bits per heavy atom. The van der Waals surface area contributed by atoms with Crippen LogP contribution >= 0.6 is 0 Å². The Kier molecular flexibility index (Phi) is 6.51. The third-order valence-corrected chi connectivity index (χ3v) is 3.82. The first-order valence-corrected chi connectivity index (χ1v) is 8.15. The van der Waals surface area contributed by atoms with Crippen LogP contribution in [0.1, 0.15) is 37.1 Å². The first kappa shape index (κ1) is 17.7. The van der Waals surface area contributed by atoms with Crippen molar-refractivity contribution in [3.63, 3.8) is 0 Å². The summed E-state index contributed by atoms with van der Waals surface area (Å²) in [5.41, 5.74) is 1.99. The summed E-state index contributed by atoms with van der Waals surface area (Å²) in [5, 5.41) is 6.97. The zero-order chi connectivity index (χ0) is 17.4. The second-order valence-corrected chi connectivity index (χ2v) is 5.63. The molecule has 0 saturated carbocycles. The van der Waals surface area contributed by atoms with Gasteiger partial charge >= 0.3 is 6.03 Å². The maximum absolute atomic E-state index is 12.6. The molecule has 126 valence electrons. The van der Waals surface area contributed by atoms with Gasteiger partial charge < -0.3 is 10.6 Å². The van der Waals surface area contributed by atoms with E-state index in [0.717, 1.165) is 11.1 Å². The van der Waals surface area contributed by atoms with Crippen molar-refractivity contribution in [1.82, 2.24) is 10.6 Å². The maximum Gasteiger partial charge on any atom is 0.321 e. The molecule has 0 aliphatic carbocycles. The zero-order valence-electron chi connectivity index (χ0n) is 14.0. The van der Waals surface area contributed by atoms with E-state index >= 15 is 0 Å². The van der Waals surface area contributed by atoms with E-state index in [0.29, 0.717) is 6.54 Å². The van der Waals surface area contributed by atoms with E-state index in [1.165, 1.54) is 0 Å². The molecule has 0 radical (unpaired) electrons. The van der Waals surface area contributed by atoms with E-state index in [1.54, 1.807) is 0 Å². The van der Waals surface area contributed by atoms with Crippen LogP contribution in [0.2, 0.25) is 0 Å². The summed E-state index contributed by atoms with van der Waals surface area (Å²) in [6, 6.07) is 18.6. The Hall–Kier alpha value is -2.66. The topological polar surface area (TPSA) is 74.8 Å². The molecule has 2 aromatic rings. The van der Waals surface area contributed by atoms with Crippen molar-refractivity contribution in [3.8, 4) is 0 Å². The van der Waals surface area contributed by atoms with Crippen LogP contribution in [0.25, 0.3) is 0 Å². The zero-order valence-corrected chi connectivity index (χ0v) is 14.0. The predicted octanol–water partition coefficient (Wildman–Crippen LogP) is 1.90. The normalized spacial score (nSPS) is 12.9. The molecular formula is C19H24N3O2+. The van der Waals surface area contributed by atoms with Crippen molar-refractivity contribution in [2.45, 2.75) is 25.9 Å². The lowest BCUT2D eigenvalue weighted by Crippen LogP contribution is -2.88. The van der Waals surface area contributed by atoms with Crippen LogP contribution < -0.4 is 16.0 Å². The third-order valence-electron chi connectivity index (χ3n) is 3.82. The molecule has 0 unspecified atom stereocenters. The number of nitrogens with one attached hydrogen (secondary N) is 2. The molecule has 5 nitrogen and oxygen atoms in total. The van der Waals surface area contributed by atoms with E-state index < -0.39 is 12.1 Å². The lowest BCUT2D eigenvalue weighted by Gasteiger charge is -2.20. The minimum Gasteiger partial charge on any atom is -0.338 e. The number of rotatable bonds is 6. The van der Waals surface area contributed by atoms with Crippen molar-refractivity contribution < 1.29 is 14.9 Å². The smallest absolute Gasteiger partial charge is 0.321 e. The van der Waals surface area contributed by atoms with Crippen LogP contribution in [0.3, 0.4) is 0 Å². The van der Waals surface area contributed by atoms with Crippen LogP contribution in [-0.4, -0.2) is 18.5 Å². The van der Waals surface area contributed by atoms with Crippen molar-refractivity contribution >= 4 is 11.9 Å². The highest BCUT2D eigenvalue weighted by Crippen LogP contribution is 2.13. The molecule has 0 fully saturated rings. The largest absolute Gasteiger partial charge is 0.338 e. The van der Waals surface area contributed by atoms with Gasteiger partial charge in [0.05, 0.1) is 0 Å². The Balaban J connectivity index is 2.17. The molecule has 0 saturated heterocycles. The molecule has 4 N–H and O–H groups in total. The predicted molar refractivity (Wildman–Crippen MR) is 93.2 cm³/mol. The van der Waals surface area contributed by atoms with E-state index in [4.69, 9.17) is 0 Å². The fourth-order valence-electron chi connectivity index (χ4n) is 2.56. The number of hydrogen-bond acceptors (Lipinski definition) is 2. The number of carbonyl (C=O) groups is 2. The third kappa shape index (κ3) is 4.93. The molecule has 24 heavy (non-hydrogen) atoms. The number of hydrogen-bond donors (Lipinski definition) is 3. The quantitative estimate of drug-likeness (QED) is 0.758. The molecule has 0 spiro atoms. The second-order valence-electron chi connectivity index (χ2n) is 5.63. The van der Waals surface area contributed by atoms with Crippen molar-refractivity contribution in [3.05, 3.63) is 71.8 Å². The van der Waals surface area contributed by atoms with Gasteiger partial charge in [-0.1, -0.05) is 60.7 Å². The average molecular weight is 326 g/mol. The minimum atomic E-state index is -0.496. The number of quaternary nitrogens is 1. The van der Waals surface area contributed by atoms with Crippen LogP contribution in [0.15, 0.2) is 60.7 Å². The summed E-state index contributed by atoms with van der Waals surface area (Å²) in [6.45, 7) is 4.33. The number of amides is 3. The molecule has 2 rings (SSSR count). The Morgan fingerprint density at radius 2 is 1.50 bits per heavy atom. The maximum atomic E-state index is 12.6. The first-order valence-electron chi connectivity index (χ1n) is 8.15. The summed E-state index contributed by atoms with van der Waals surface area (Å²) in [7, 11) is 0. The van der Waals surface area contributed by atoms with Gasteiger partial charge in [-0.25, -0.2) is 4.79 Å².